The fourth-order valence-corrected chi connectivity index (χ4v) is 1.66. The molecular formula is C13H13FN2O2. The van der Waals surface area contributed by atoms with Crippen LogP contribution in [0.5, 0.6) is 0 Å². The first-order valence-corrected chi connectivity index (χ1v) is 5.40. The first-order chi connectivity index (χ1) is 8.59. The van der Waals surface area contributed by atoms with E-state index in [-0.39, 0.29) is 17.2 Å². The van der Waals surface area contributed by atoms with Crippen LogP contribution in [0.15, 0.2) is 41.2 Å². The molecule has 0 atom stereocenters. The second kappa shape index (κ2) is 4.91. The first kappa shape index (κ1) is 12.2. The number of para-hydroxylation sites is 1. The van der Waals surface area contributed by atoms with Gasteiger partial charge in [0.15, 0.2) is 0 Å². The molecule has 0 radical (unpaired) electrons. The molecule has 0 unspecified atom stereocenters. The number of halogens is 1. The van der Waals surface area contributed by atoms with Crippen molar-refractivity contribution in [1.29, 1.82) is 0 Å². The zero-order valence-electron chi connectivity index (χ0n) is 9.89. The van der Waals surface area contributed by atoms with Crippen LogP contribution in [0.3, 0.4) is 0 Å². The monoisotopic (exact) mass is 248 g/mol. The highest BCUT2D eigenvalue weighted by molar-refractivity contribution is 5.99. The normalized spacial score (nSPS) is 10.3. The van der Waals surface area contributed by atoms with Gasteiger partial charge in [0.2, 0.25) is 0 Å². The largest absolute Gasteiger partial charge is 0.472 e. The van der Waals surface area contributed by atoms with Crippen LogP contribution in [0, 0.1) is 5.82 Å². The minimum atomic E-state index is -0.586. The van der Waals surface area contributed by atoms with Crippen LogP contribution in [0.1, 0.15) is 15.9 Å². The molecule has 2 N–H and O–H groups in total. The summed E-state index contributed by atoms with van der Waals surface area (Å²) in [6, 6.07) is 5.96. The van der Waals surface area contributed by atoms with Gasteiger partial charge in [-0.2, -0.15) is 0 Å². The van der Waals surface area contributed by atoms with Crippen LogP contribution in [0.2, 0.25) is 0 Å². The summed E-state index contributed by atoms with van der Waals surface area (Å²) >= 11 is 0. The van der Waals surface area contributed by atoms with Gasteiger partial charge < -0.3 is 15.1 Å². The molecule has 5 heteroatoms. The molecule has 0 spiro atoms. The van der Waals surface area contributed by atoms with E-state index in [1.165, 1.54) is 29.4 Å². The number of nitrogens with two attached hydrogens (primary N) is 1. The fraction of sp³-hybridized carbons (Fsp3) is 0.154. The molecule has 1 aromatic heterocycles. The van der Waals surface area contributed by atoms with Gasteiger partial charge >= 0.3 is 0 Å². The van der Waals surface area contributed by atoms with E-state index in [9.17, 15) is 9.18 Å². The number of carbonyl (C=O) groups excluding carboxylic acids is 1. The summed E-state index contributed by atoms with van der Waals surface area (Å²) in [5, 5.41) is 0. The molecule has 0 aliphatic carbocycles. The molecule has 2 rings (SSSR count). The van der Waals surface area contributed by atoms with Crippen molar-refractivity contribution >= 4 is 11.6 Å². The fourth-order valence-electron chi connectivity index (χ4n) is 1.66. The van der Waals surface area contributed by atoms with Crippen LogP contribution >= 0.6 is 0 Å². The minimum Gasteiger partial charge on any atom is -0.472 e. The molecule has 4 nitrogen and oxygen atoms in total. The summed E-state index contributed by atoms with van der Waals surface area (Å²) in [6.07, 6.45) is 3.09. The van der Waals surface area contributed by atoms with Crippen LogP contribution in [0.25, 0.3) is 0 Å². The van der Waals surface area contributed by atoms with Crippen molar-refractivity contribution in [2.75, 3.05) is 12.8 Å². The Morgan fingerprint density at radius 2 is 2.22 bits per heavy atom. The summed E-state index contributed by atoms with van der Waals surface area (Å²) in [5.74, 6) is -0.911. The Morgan fingerprint density at radius 1 is 1.44 bits per heavy atom. The SMILES string of the molecule is CN(Cc1ccoc1)C(=O)c1cccc(F)c1N. The second-order valence-corrected chi connectivity index (χ2v) is 3.99. The highest BCUT2D eigenvalue weighted by Crippen LogP contribution is 2.18. The number of nitrogen functional groups attached to an aromatic ring is 1. The Kier molecular flexibility index (Phi) is 3.32. The maximum absolute atomic E-state index is 13.3. The zero-order valence-corrected chi connectivity index (χ0v) is 9.89. The van der Waals surface area contributed by atoms with Gasteiger partial charge in [-0.05, 0) is 18.2 Å². The molecule has 18 heavy (non-hydrogen) atoms. The van der Waals surface area contributed by atoms with Crippen molar-refractivity contribution in [1.82, 2.24) is 4.90 Å². The molecule has 1 aromatic carbocycles. The molecule has 1 heterocycles. The molecule has 0 saturated heterocycles. The summed E-state index contributed by atoms with van der Waals surface area (Å²) in [4.78, 5) is 13.5. The lowest BCUT2D eigenvalue weighted by Gasteiger charge is -2.17. The third-order valence-corrected chi connectivity index (χ3v) is 2.63. The summed E-state index contributed by atoms with van der Waals surface area (Å²) in [6.45, 7) is 0.380. The lowest BCUT2D eigenvalue weighted by atomic mass is 10.1. The number of hydrogen-bond acceptors (Lipinski definition) is 3. The van der Waals surface area contributed by atoms with E-state index in [2.05, 4.69) is 0 Å². The highest BCUT2D eigenvalue weighted by atomic mass is 19.1. The number of rotatable bonds is 3. The standard InChI is InChI=1S/C13H13FN2O2/c1-16(7-9-5-6-18-8-9)13(17)10-3-2-4-11(14)12(10)15/h2-6,8H,7,15H2,1H3. The lowest BCUT2D eigenvalue weighted by Crippen LogP contribution is -2.27. The number of carbonyl (C=O) groups is 1. The minimum absolute atomic E-state index is 0.124. The average molecular weight is 248 g/mol. The lowest BCUT2D eigenvalue weighted by molar-refractivity contribution is 0.0785. The topological polar surface area (TPSA) is 59.5 Å². The van der Waals surface area contributed by atoms with Gasteiger partial charge in [-0.3, -0.25) is 4.79 Å². The van der Waals surface area contributed by atoms with Gasteiger partial charge in [-0.25, -0.2) is 4.39 Å². The van der Waals surface area contributed by atoms with E-state index >= 15 is 0 Å². The number of amides is 1. The van der Waals surface area contributed by atoms with Gasteiger partial charge in [-0.1, -0.05) is 6.07 Å². The van der Waals surface area contributed by atoms with Gasteiger partial charge in [-0.15, -0.1) is 0 Å². The third kappa shape index (κ3) is 2.34. The predicted molar refractivity (Wildman–Crippen MR) is 65.3 cm³/mol. The average Bonchev–Trinajstić information content (AvgIpc) is 2.84. The van der Waals surface area contributed by atoms with Gasteiger partial charge in [0.25, 0.3) is 5.91 Å². The smallest absolute Gasteiger partial charge is 0.256 e. The van der Waals surface area contributed by atoms with E-state index in [0.717, 1.165) is 5.56 Å². The Morgan fingerprint density at radius 3 is 2.89 bits per heavy atom. The second-order valence-electron chi connectivity index (χ2n) is 3.99. The summed E-state index contributed by atoms with van der Waals surface area (Å²) < 4.78 is 18.2. The van der Waals surface area contributed by atoms with Gasteiger partial charge in [0, 0.05) is 19.2 Å². The van der Waals surface area contributed by atoms with Crippen LogP contribution in [-0.4, -0.2) is 17.9 Å². The molecule has 0 bridgehead atoms. The molecule has 2 aromatic rings. The summed E-state index contributed by atoms with van der Waals surface area (Å²) in [7, 11) is 1.62. The molecule has 0 saturated carbocycles. The van der Waals surface area contributed by atoms with Crippen LogP contribution < -0.4 is 5.73 Å². The Hall–Kier alpha value is -2.30. The van der Waals surface area contributed by atoms with E-state index in [1.54, 1.807) is 19.4 Å². The number of hydrogen-bond donors (Lipinski definition) is 1. The molecule has 0 aliphatic heterocycles. The van der Waals surface area contributed by atoms with Crippen molar-refractivity contribution in [2.45, 2.75) is 6.54 Å². The molecule has 1 amide bonds. The molecule has 0 fully saturated rings. The van der Waals surface area contributed by atoms with Crippen molar-refractivity contribution < 1.29 is 13.6 Å². The maximum Gasteiger partial charge on any atom is 0.256 e. The van der Waals surface area contributed by atoms with Crippen molar-refractivity contribution in [3.05, 3.63) is 53.7 Å². The van der Waals surface area contributed by atoms with E-state index < -0.39 is 5.82 Å². The first-order valence-electron chi connectivity index (χ1n) is 5.40. The van der Waals surface area contributed by atoms with E-state index in [0.29, 0.717) is 6.54 Å². The number of furan rings is 1. The maximum atomic E-state index is 13.3. The Bertz CT molecular complexity index is 552. The predicted octanol–water partition coefficient (Wildman–Crippen LogP) is 2.27. The summed E-state index contributed by atoms with van der Waals surface area (Å²) in [5.41, 5.74) is 6.46. The Balaban J connectivity index is 2.18. The van der Waals surface area contributed by atoms with Gasteiger partial charge in [0.05, 0.1) is 23.8 Å². The highest BCUT2D eigenvalue weighted by Gasteiger charge is 2.17. The molecular weight excluding hydrogens is 235 g/mol. The number of nitrogens with zero attached hydrogens (tertiary/aromatic N) is 1. The quantitative estimate of drug-likeness (QED) is 0.848. The molecule has 94 valence electrons. The van der Waals surface area contributed by atoms with Crippen molar-refractivity contribution in [2.24, 2.45) is 0 Å². The van der Waals surface area contributed by atoms with E-state index in [1.807, 2.05) is 0 Å². The van der Waals surface area contributed by atoms with Crippen LogP contribution in [-0.2, 0) is 6.54 Å². The van der Waals surface area contributed by atoms with Gasteiger partial charge in [0.1, 0.15) is 5.82 Å². The van der Waals surface area contributed by atoms with Crippen molar-refractivity contribution in [3.63, 3.8) is 0 Å². The zero-order chi connectivity index (χ0) is 13.1. The number of anilines is 1. The van der Waals surface area contributed by atoms with Crippen LogP contribution in [0.4, 0.5) is 10.1 Å². The number of benzene rings is 1. The van der Waals surface area contributed by atoms with Crippen molar-refractivity contribution in [3.8, 4) is 0 Å². The Labute approximate surface area is 104 Å². The third-order valence-electron chi connectivity index (χ3n) is 2.63. The molecule has 0 aliphatic rings. The van der Waals surface area contributed by atoms with E-state index in [4.69, 9.17) is 10.2 Å².